The molecule has 0 aromatic heterocycles. The lowest BCUT2D eigenvalue weighted by molar-refractivity contribution is -0.163. The topological polar surface area (TPSA) is 38.3 Å². The standard InChI is InChI=1S/C17H29NO2/c1-11-9-12(6-8-18-11)15(19)20-14-10-13-5-7-17(14,4)16(13,2)3/h11-14,18H,5-10H2,1-4H3. The van der Waals surface area contributed by atoms with Crippen molar-refractivity contribution < 1.29 is 9.53 Å². The fraction of sp³-hybridized carbons (Fsp3) is 0.941. The molecule has 114 valence electrons. The fourth-order valence-corrected chi connectivity index (χ4v) is 4.89. The lowest BCUT2D eigenvalue weighted by atomic mass is 9.70. The van der Waals surface area contributed by atoms with E-state index in [1.54, 1.807) is 0 Å². The Morgan fingerprint density at radius 2 is 1.95 bits per heavy atom. The third kappa shape index (κ3) is 2.01. The summed E-state index contributed by atoms with van der Waals surface area (Å²) >= 11 is 0. The number of esters is 1. The summed E-state index contributed by atoms with van der Waals surface area (Å²) in [4.78, 5) is 12.5. The Hall–Kier alpha value is -0.570. The molecule has 20 heavy (non-hydrogen) atoms. The number of hydrogen-bond donors (Lipinski definition) is 1. The molecular formula is C17H29NO2. The Kier molecular flexibility index (Phi) is 3.39. The summed E-state index contributed by atoms with van der Waals surface area (Å²) in [6.45, 7) is 10.2. The third-order valence-corrected chi connectivity index (χ3v) is 6.93. The van der Waals surface area contributed by atoms with Crippen molar-refractivity contribution in [1.29, 1.82) is 0 Å². The summed E-state index contributed by atoms with van der Waals surface area (Å²) in [6.07, 6.45) is 5.60. The third-order valence-electron chi connectivity index (χ3n) is 6.93. The molecule has 3 fully saturated rings. The van der Waals surface area contributed by atoms with E-state index in [2.05, 4.69) is 33.0 Å². The molecule has 1 heterocycles. The maximum Gasteiger partial charge on any atom is 0.309 e. The van der Waals surface area contributed by atoms with E-state index in [0.29, 0.717) is 11.5 Å². The van der Waals surface area contributed by atoms with Crippen molar-refractivity contribution >= 4 is 5.97 Å². The largest absolute Gasteiger partial charge is 0.462 e. The van der Waals surface area contributed by atoms with E-state index in [1.165, 1.54) is 12.8 Å². The van der Waals surface area contributed by atoms with E-state index in [-0.39, 0.29) is 23.4 Å². The molecule has 5 unspecified atom stereocenters. The van der Waals surface area contributed by atoms with Crippen LogP contribution in [0, 0.1) is 22.7 Å². The second kappa shape index (κ2) is 4.72. The van der Waals surface area contributed by atoms with Gasteiger partial charge >= 0.3 is 5.97 Å². The van der Waals surface area contributed by atoms with Gasteiger partial charge in [-0.2, -0.15) is 0 Å². The van der Waals surface area contributed by atoms with Crippen LogP contribution in [0.5, 0.6) is 0 Å². The molecular weight excluding hydrogens is 250 g/mol. The molecule has 5 atom stereocenters. The van der Waals surface area contributed by atoms with Crippen molar-refractivity contribution in [3.05, 3.63) is 0 Å². The first-order chi connectivity index (χ1) is 9.34. The van der Waals surface area contributed by atoms with Gasteiger partial charge in [-0.15, -0.1) is 0 Å². The van der Waals surface area contributed by atoms with E-state index in [1.807, 2.05) is 0 Å². The summed E-state index contributed by atoms with van der Waals surface area (Å²) in [7, 11) is 0. The summed E-state index contributed by atoms with van der Waals surface area (Å²) in [5.41, 5.74) is 0.505. The second-order valence-electron chi connectivity index (χ2n) is 8.11. The van der Waals surface area contributed by atoms with Crippen molar-refractivity contribution in [2.45, 2.75) is 71.9 Å². The molecule has 1 saturated heterocycles. The minimum atomic E-state index is 0.0629. The van der Waals surface area contributed by atoms with Crippen LogP contribution < -0.4 is 5.32 Å². The van der Waals surface area contributed by atoms with E-state index in [4.69, 9.17) is 4.74 Å². The molecule has 0 aromatic rings. The lowest BCUT2D eigenvalue weighted by Gasteiger charge is -2.39. The molecule has 2 aliphatic carbocycles. The highest BCUT2D eigenvalue weighted by Gasteiger charge is 2.63. The van der Waals surface area contributed by atoms with Gasteiger partial charge in [-0.25, -0.2) is 0 Å². The second-order valence-corrected chi connectivity index (χ2v) is 8.11. The Labute approximate surface area is 122 Å². The highest BCUT2D eigenvalue weighted by molar-refractivity contribution is 5.73. The Morgan fingerprint density at radius 1 is 1.20 bits per heavy atom. The number of fused-ring (bicyclic) bond motifs is 2. The average Bonchev–Trinajstić information content (AvgIpc) is 2.72. The number of piperidine rings is 1. The first-order valence-electron chi connectivity index (χ1n) is 8.28. The van der Waals surface area contributed by atoms with Crippen molar-refractivity contribution in [1.82, 2.24) is 5.32 Å². The van der Waals surface area contributed by atoms with E-state index in [9.17, 15) is 4.79 Å². The van der Waals surface area contributed by atoms with Crippen molar-refractivity contribution in [2.75, 3.05) is 6.54 Å². The smallest absolute Gasteiger partial charge is 0.309 e. The molecule has 0 spiro atoms. The van der Waals surface area contributed by atoms with E-state index < -0.39 is 0 Å². The summed E-state index contributed by atoms with van der Waals surface area (Å²) in [5, 5.41) is 3.40. The molecule has 3 nitrogen and oxygen atoms in total. The highest BCUT2D eigenvalue weighted by Crippen LogP contribution is 2.66. The van der Waals surface area contributed by atoms with Gasteiger partial charge in [0, 0.05) is 11.5 Å². The normalized spacial score (nSPS) is 46.4. The van der Waals surface area contributed by atoms with Crippen LogP contribution in [0.15, 0.2) is 0 Å². The van der Waals surface area contributed by atoms with Gasteiger partial charge in [0.05, 0.1) is 5.92 Å². The highest BCUT2D eigenvalue weighted by atomic mass is 16.5. The van der Waals surface area contributed by atoms with Gasteiger partial charge < -0.3 is 10.1 Å². The van der Waals surface area contributed by atoms with Crippen LogP contribution in [0.25, 0.3) is 0 Å². The Morgan fingerprint density at radius 3 is 2.50 bits per heavy atom. The first kappa shape index (κ1) is 14.4. The van der Waals surface area contributed by atoms with E-state index in [0.717, 1.165) is 31.7 Å². The van der Waals surface area contributed by atoms with Crippen LogP contribution in [0.2, 0.25) is 0 Å². The van der Waals surface area contributed by atoms with Gasteiger partial charge in [-0.1, -0.05) is 20.8 Å². The molecule has 3 heteroatoms. The van der Waals surface area contributed by atoms with Crippen LogP contribution in [-0.4, -0.2) is 24.7 Å². The number of nitrogens with one attached hydrogen (secondary N) is 1. The predicted octanol–water partition coefficient (Wildman–Crippen LogP) is 3.13. The van der Waals surface area contributed by atoms with Gasteiger partial charge in [-0.3, -0.25) is 4.79 Å². The average molecular weight is 279 g/mol. The zero-order chi connectivity index (χ0) is 14.5. The quantitative estimate of drug-likeness (QED) is 0.789. The molecule has 3 rings (SSSR count). The zero-order valence-electron chi connectivity index (χ0n) is 13.4. The van der Waals surface area contributed by atoms with E-state index >= 15 is 0 Å². The SMILES string of the molecule is CC1CC(C(=O)OC2CC3CCC2(C)C3(C)C)CCN1. The molecule has 2 saturated carbocycles. The Bertz CT molecular complexity index is 406. The van der Waals surface area contributed by atoms with Crippen LogP contribution >= 0.6 is 0 Å². The molecule has 0 amide bonds. The van der Waals surface area contributed by atoms with Gasteiger partial charge in [-0.05, 0) is 56.9 Å². The number of hydrogen-bond acceptors (Lipinski definition) is 3. The van der Waals surface area contributed by atoms with Gasteiger partial charge in [0.25, 0.3) is 0 Å². The lowest BCUT2D eigenvalue weighted by Crippen LogP contribution is -2.42. The molecule has 1 aliphatic heterocycles. The zero-order valence-corrected chi connectivity index (χ0v) is 13.4. The minimum Gasteiger partial charge on any atom is -0.462 e. The summed E-state index contributed by atoms with van der Waals surface area (Å²) in [5.74, 6) is 0.905. The summed E-state index contributed by atoms with van der Waals surface area (Å²) in [6, 6.07) is 0.438. The van der Waals surface area contributed by atoms with Gasteiger partial charge in [0.1, 0.15) is 6.10 Å². The number of carbonyl (C=O) groups excluding carboxylic acids is 1. The Balaban J connectivity index is 1.66. The fourth-order valence-electron chi connectivity index (χ4n) is 4.89. The minimum absolute atomic E-state index is 0.0629. The van der Waals surface area contributed by atoms with Crippen LogP contribution in [-0.2, 0) is 9.53 Å². The molecule has 0 radical (unpaired) electrons. The van der Waals surface area contributed by atoms with Crippen LogP contribution in [0.4, 0.5) is 0 Å². The monoisotopic (exact) mass is 279 g/mol. The molecule has 0 aromatic carbocycles. The predicted molar refractivity (Wildman–Crippen MR) is 79.3 cm³/mol. The summed E-state index contributed by atoms with van der Waals surface area (Å²) < 4.78 is 6.00. The van der Waals surface area contributed by atoms with Crippen molar-refractivity contribution in [3.8, 4) is 0 Å². The maximum absolute atomic E-state index is 12.5. The molecule has 3 aliphatic rings. The van der Waals surface area contributed by atoms with Crippen LogP contribution in [0.1, 0.15) is 59.8 Å². The van der Waals surface area contributed by atoms with Gasteiger partial charge in [0.15, 0.2) is 0 Å². The van der Waals surface area contributed by atoms with Gasteiger partial charge in [0.2, 0.25) is 0 Å². The van der Waals surface area contributed by atoms with Crippen molar-refractivity contribution in [2.24, 2.45) is 22.7 Å². The number of ether oxygens (including phenoxy) is 1. The molecule has 1 N–H and O–H groups in total. The number of carbonyl (C=O) groups is 1. The molecule has 2 bridgehead atoms. The maximum atomic E-state index is 12.5. The number of rotatable bonds is 2. The van der Waals surface area contributed by atoms with Crippen molar-refractivity contribution in [3.63, 3.8) is 0 Å². The van der Waals surface area contributed by atoms with Crippen LogP contribution in [0.3, 0.4) is 0 Å². The first-order valence-corrected chi connectivity index (χ1v) is 8.28.